The molecule has 0 radical (unpaired) electrons. The first kappa shape index (κ1) is 12.1. The van der Waals surface area contributed by atoms with Gasteiger partial charge in [-0.2, -0.15) is 0 Å². The fourth-order valence-corrected chi connectivity index (χ4v) is 2.19. The first-order valence-corrected chi connectivity index (χ1v) is 5.43. The van der Waals surface area contributed by atoms with Crippen molar-refractivity contribution in [1.29, 1.82) is 0 Å². The third kappa shape index (κ3) is 1.72. The van der Waals surface area contributed by atoms with E-state index in [2.05, 4.69) is 0 Å². The molecule has 0 fully saturated rings. The Morgan fingerprint density at radius 1 is 0.778 bits per heavy atom. The van der Waals surface area contributed by atoms with Gasteiger partial charge in [-0.15, -0.1) is 0 Å². The van der Waals surface area contributed by atoms with Crippen molar-refractivity contribution < 1.29 is 19.8 Å². The maximum atomic E-state index is 11.3. The molecule has 18 heavy (non-hydrogen) atoms. The van der Waals surface area contributed by atoms with Crippen LogP contribution in [0.25, 0.3) is 10.8 Å². The molecule has 92 valence electrons. The maximum absolute atomic E-state index is 11.3. The van der Waals surface area contributed by atoms with Crippen molar-refractivity contribution >= 4 is 22.7 Å². The van der Waals surface area contributed by atoms with E-state index >= 15 is 0 Å². The SMILES string of the molecule is Cc1ccc2c(C(=O)O)c(C)ccc2c1C(=O)O. The van der Waals surface area contributed by atoms with E-state index in [9.17, 15) is 19.8 Å². The van der Waals surface area contributed by atoms with E-state index in [1.165, 1.54) is 0 Å². The largest absolute Gasteiger partial charge is 0.478 e. The number of carbonyl (C=O) groups is 2. The number of rotatable bonds is 2. The van der Waals surface area contributed by atoms with Gasteiger partial charge in [-0.25, -0.2) is 9.59 Å². The number of carboxylic acid groups (broad SMARTS) is 2. The Balaban J connectivity index is 2.98. The van der Waals surface area contributed by atoms with E-state index in [-0.39, 0.29) is 11.1 Å². The van der Waals surface area contributed by atoms with Gasteiger partial charge in [0, 0.05) is 0 Å². The Labute approximate surface area is 103 Å². The van der Waals surface area contributed by atoms with E-state index < -0.39 is 11.9 Å². The fourth-order valence-electron chi connectivity index (χ4n) is 2.19. The smallest absolute Gasteiger partial charge is 0.336 e. The zero-order chi connectivity index (χ0) is 13.4. The second-order valence-electron chi connectivity index (χ2n) is 4.22. The van der Waals surface area contributed by atoms with Crippen molar-refractivity contribution in [3.63, 3.8) is 0 Å². The molecule has 0 saturated heterocycles. The van der Waals surface area contributed by atoms with Crippen molar-refractivity contribution in [2.75, 3.05) is 0 Å². The highest BCUT2D eigenvalue weighted by atomic mass is 16.4. The topological polar surface area (TPSA) is 74.6 Å². The highest BCUT2D eigenvalue weighted by Crippen LogP contribution is 2.27. The van der Waals surface area contributed by atoms with Gasteiger partial charge in [0.05, 0.1) is 11.1 Å². The fraction of sp³-hybridized carbons (Fsp3) is 0.143. The van der Waals surface area contributed by atoms with E-state index in [4.69, 9.17) is 0 Å². The van der Waals surface area contributed by atoms with Gasteiger partial charge in [0.1, 0.15) is 0 Å². The Morgan fingerprint density at radius 2 is 1.11 bits per heavy atom. The number of fused-ring (bicyclic) bond motifs is 1. The summed E-state index contributed by atoms with van der Waals surface area (Å²) in [5.74, 6) is -2.09. The van der Waals surface area contributed by atoms with Crippen molar-refractivity contribution in [2.45, 2.75) is 13.8 Å². The molecule has 0 aromatic heterocycles. The normalized spacial score (nSPS) is 10.6. The summed E-state index contributed by atoms with van der Waals surface area (Å²) in [5.41, 5.74) is 1.57. The van der Waals surface area contributed by atoms with E-state index in [0.717, 1.165) is 0 Å². The van der Waals surface area contributed by atoms with Gasteiger partial charge in [0.2, 0.25) is 0 Å². The van der Waals surface area contributed by atoms with Crippen LogP contribution >= 0.6 is 0 Å². The number of aromatic carboxylic acids is 2. The third-order valence-corrected chi connectivity index (χ3v) is 3.05. The van der Waals surface area contributed by atoms with Crippen LogP contribution in [0.4, 0.5) is 0 Å². The van der Waals surface area contributed by atoms with Crippen LogP contribution in [0.2, 0.25) is 0 Å². The van der Waals surface area contributed by atoms with Gasteiger partial charge in [0.15, 0.2) is 0 Å². The molecule has 4 heteroatoms. The zero-order valence-corrected chi connectivity index (χ0v) is 10.0. The minimum absolute atomic E-state index is 0.162. The molecule has 0 atom stereocenters. The second kappa shape index (κ2) is 4.14. The first-order valence-electron chi connectivity index (χ1n) is 5.43. The minimum atomic E-state index is -1.04. The third-order valence-electron chi connectivity index (χ3n) is 3.05. The molecule has 0 amide bonds. The average molecular weight is 244 g/mol. The maximum Gasteiger partial charge on any atom is 0.336 e. The molecular weight excluding hydrogens is 232 g/mol. The van der Waals surface area contributed by atoms with Crippen LogP contribution in [0.3, 0.4) is 0 Å². The average Bonchev–Trinajstić information content (AvgIpc) is 2.27. The second-order valence-corrected chi connectivity index (χ2v) is 4.22. The summed E-state index contributed by atoms with van der Waals surface area (Å²) >= 11 is 0. The summed E-state index contributed by atoms with van der Waals surface area (Å²) < 4.78 is 0. The molecule has 2 rings (SSSR count). The Bertz CT molecular complexity index is 612. The van der Waals surface area contributed by atoms with Gasteiger partial charge in [-0.1, -0.05) is 24.3 Å². The molecule has 2 aromatic rings. The van der Waals surface area contributed by atoms with Crippen LogP contribution in [0.5, 0.6) is 0 Å². The van der Waals surface area contributed by atoms with Crippen LogP contribution in [-0.4, -0.2) is 22.2 Å². The lowest BCUT2D eigenvalue weighted by Gasteiger charge is -2.10. The Hall–Kier alpha value is -2.36. The Morgan fingerprint density at radius 3 is 1.39 bits per heavy atom. The van der Waals surface area contributed by atoms with Crippen LogP contribution < -0.4 is 0 Å². The van der Waals surface area contributed by atoms with Crippen LogP contribution in [0.1, 0.15) is 31.8 Å². The lowest BCUT2D eigenvalue weighted by atomic mass is 9.94. The quantitative estimate of drug-likeness (QED) is 0.851. The molecular formula is C14H12O4. The van der Waals surface area contributed by atoms with Crippen molar-refractivity contribution in [2.24, 2.45) is 0 Å². The number of aryl methyl sites for hydroxylation is 2. The molecule has 0 spiro atoms. The van der Waals surface area contributed by atoms with Crippen molar-refractivity contribution in [1.82, 2.24) is 0 Å². The van der Waals surface area contributed by atoms with Crippen molar-refractivity contribution in [3.05, 3.63) is 46.5 Å². The summed E-state index contributed by atoms with van der Waals surface area (Å²) in [7, 11) is 0. The van der Waals surface area contributed by atoms with Crippen molar-refractivity contribution in [3.8, 4) is 0 Å². The van der Waals surface area contributed by atoms with E-state index in [1.807, 2.05) is 0 Å². The van der Waals surface area contributed by atoms with Gasteiger partial charge in [-0.3, -0.25) is 0 Å². The highest BCUT2D eigenvalue weighted by molar-refractivity contribution is 6.12. The van der Waals surface area contributed by atoms with Gasteiger partial charge < -0.3 is 10.2 Å². The summed E-state index contributed by atoms with van der Waals surface area (Å²) in [4.78, 5) is 22.5. The zero-order valence-electron chi connectivity index (χ0n) is 10.0. The number of hydrogen-bond acceptors (Lipinski definition) is 2. The lowest BCUT2D eigenvalue weighted by Crippen LogP contribution is -2.05. The Kier molecular flexibility index (Phi) is 2.79. The molecule has 0 aliphatic carbocycles. The monoisotopic (exact) mass is 244 g/mol. The standard InChI is InChI=1S/C14H12O4/c1-7-3-5-10-9(11(7)13(15)16)6-4-8(2)12(10)14(17)18/h3-6H,1-2H3,(H,15,16)(H,17,18). The van der Waals surface area contributed by atoms with Crippen LogP contribution in [-0.2, 0) is 0 Å². The number of benzene rings is 2. The van der Waals surface area contributed by atoms with Gasteiger partial charge >= 0.3 is 11.9 Å². The molecule has 0 heterocycles. The molecule has 2 N–H and O–H groups in total. The molecule has 0 aliphatic heterocycles. The van der Waals surface area contributed by atoms with Crippen LogP contribution in [0.15, 0.2) is 24.3 Å². The predicted molar refractivity (Wildman–Crippen MR) is 67.3 cm³/mol. The number of hydrogen-bond donors (Lipinski definition) is 2. The number of carboxylic acids is 2. The minimum Gasteiger partial charge on any atom is -0.478 e. The molecule has 0 unspecified atom stereocenters. The molecule has 2 aromatic carbocycles. The molecule has 4 nitrogen and oxygen atoms in total. The van der Waals surface area contributed by atoms with E-state index in [0.29, 0.717) is 21.9 Å². The summed E-state index contributed by atoms with van der Waals surface area (Å²) in [6.07, 6.45) is 0. The summed E-state index contributed by atoms with van der Waals surface area (Å²) in [6.45, 7) is 3.40. The highest BCUT2D eigenvalue weighted by Gasteiger charge is 2.17. The van der Waals surface area contributed by atoms with Crippen LogP contribution in [0, 0.1) is 13.8 Å². The van der Waals surface area contributed by atoms with E-state index in [1.54, 1.807) is 38.1 Å². The first-order chi connectivity index (χ1) is 8.43. The molecule has 0 aliphatic rings. The lowest BCUT2D eigenvalue weighted by molar-refractivity contribution is 0.0685. The predicted octanol–water partition coefficient (Wildman–Crippen LogP) is 2.85. The van der Waals surface area contributed by atoms with Gasteiger partial charge in [-0.05, 0) is 35.7 Å². The molecule has 0 bridgehead atoms. The summed E-state index contributed by atoms with van der Waals surface area (Å²) in [6, 6.07) is 6.59. The summed E-state index contributed by atoms with van der Waals surface area (Å²) in [5, 5.41) is 19.4. The molecule has 0 saturated carbocycles. The van der Waals surface area contributed by atoms with Gasteiger partial charge in [0.25, 0.3) is 0 Å².